The lowest BCUT2D eigenvalue weighted by atomic mass is 10.2. The van der Waals surface area contributed by atoms with Gasteiger partial charge in [0.25, 0.3) is 5.69 Å². The molecule has 5 rings (SSSR count). The Balaban J connectivity index is 1.39. The van der Waals surface area contributed by atoms with Crippen molar-refractivity contribution < 1.29 is 22.9 Å². The van der Waals surface area contributed by atoms with Crippen LogP contribution in [0, 0.1) is 10.1 Å². The Morgan fingerprint density at radius 2 is 1.95 bits per heavy atom. The number of amides is 1. The molecule has 39 heavy (non-hydrogen) atoms. The summed E-state index contributed by atoms with van der Waals surface area (Å²) < 4.78 is 33.6. The number of ether oxygens (including phenoxy) is 1. The third-order valence-corrected chi connectivity index (χ3v) is 8.14. The van der Waals surface area contributed by atoms with Crippen molar-refractivity contribution in [3.63, 3.8) is 0 Å². The highest BCUT2D eigenvalue weighted by Gasteiger charge is 2.24. The van der Waals surface area contributed by atoms with Crippen LogP contribution in [0.15, 0.2) is 59.8 Å². The molecule has 14 heteroatoms. The van der Waals surface area contributed by atoms with E-state index in [1.54, 1.807) is 16.8 Å². The molecule has 0 saturated carbocycles. The zero-order chi connectivity index (χ0) is 27.4. The van der Waals surface area contributed by atoms with E-state index < -0.39 is 14.8 Å². The number of non-ortho nitro benzene ring substituents is 1. The lowest BCUT2D eigenvalue weighted by molar-refractivity contribution is -0.384. The fourth-order valence-electron chi connectivity index (χ4n) is 4.44. The van der Waals surface area contributed by atoms with Gasteiger partial charge in [-0.2, -0.15) is 5.10 Å². The van der Waals surface area contributed by atoms with Crippen molar-refractivity contribution in [1.29, 1.82) is 0 Å². The van der Waals surface area contributed by atoms with Gasteiger partial charge in [0.15, 0.2) is 15.5 Å². The fourth-order valence-corrected chi connectivity index (χ4v) is 5.82. The second kappa shape index (κ2) is 11.3. The van der Waals surface area contributed by atoms with E-state index in [9.17, 15) is 23.3 Å². The van der Waals surface area contributed by atoms with Crippen molar-refractivity contribution in [3.8, 4) is 11.4 Å². The maximum Gasteiger partial charge on any atom is 0.269 e. The van der Waals surface area contributed by atoms with Gasteiger partial charge in [0, 0.05) is 56.1 Å². The first-order valence-corrected chi connectivity index (χ1v) is 14.0. The molecule has 1 aliphatic rings. The molecule has 1 aromatic carbocycles. The molecule has 2 N–H and O–H groups in total. The number of pyridine rings is 1. The van der Waals surface area contributed by atoms with Gasteiger partial charge in [-0.05, 0) is 23.8 Å². The minimum Gasteiger partial charge on any atom is -0.379 e. The number of rotatable bonds is 10. The van der Waals surface area contributed by atoms with Crippen molar-refractivity contribution in [1.82, 2.24) is 30.0 Å². The number of nitro groups is 1. The summed E-state index contributed by atoms with van der Waals surface area (Å²) >= 11 is 0. The Morgan fingerprint density at radius 3 is 2.69 bits per heavy atom. The lowest BCUT2D eigenvalue weighted by Gasteiger charge is -2.26. The van der Waals surface area contributed by atoms with Crippen LogP contribution in [0.25, 0.3) is 22.4 Å². The summed E-state index contributed by atoms with van der Waals surface area (Å²) in [5.74, 6) is -0.624. The van der Waals surface area contributed by atoms with E-state index in [2.05, 4.69) is 25.4 Å². The first-order valence-electron chi connectivity index (χ1n) is 12.3. The van der Waals surface area contributed by atoms with Crippen LogP contribution in [-0.2, 0) is 31.7 Å². The first-order chi connectivity index (χ1) is 18.8. The fraction of sp³-hybridized carbons (Fsp3) is 0.320. The highest BCUT2D eigenvalue weighted by molar-refractivity contribution is 7.90. The Bertz CT molecular complexity index is 1590. The summed E-state index contributed by atoms with van der Waals surface area (Å²) in [6.45, 7) is 4.00. The van der Waals surface area contributed by atoms with Crippen LogP contribution < -0.4 is 5.32 Å². The number of fused-ring (bicyclic) bond motifs is 1. The number of nitrogens with one attached hydrogen (secondary N) is 2. The number of hydrogen-bond donors (Lipinski definition) is 2. The van der Waals surface area contributed by atoms with Gasteiger partial charge in [0.05, 0.1) is 34.5 Å². The van der Waals surface area contributed by atoms with Gasteiger partial charge in [0.2, 0.25) is 5.91 Å². The van der Waals surface area contributed by atoms with E-state index in [1.807, 2.05) is 6.07 Å². The summed E-state index contributed by atoms with van der Waals surface area (Å²) in [6, 6.07) is 10.4. The molecule has 0 aliphatic carbocycles. The monoisotopic (exact) mass is 553 g/mol. The highest BCUT2D eigenvalue weighted by atomic mass is 32.2. The normalized spacial score (nSPS) is 14.5. The maximum absolute atomic E-state index is 13.3. The largest absolute Gasteiger partial charge is 0.379 e. The van der Waals surface area contributed by atoms with Crippen LogP contribution in [0.5, 0.6) is 0 Å². The van der Waals surface area contributed by atoms with Gasteiger partial charge in [-0.25, -0.2) is 13.4 Å². The van der Waals surface area contributed by atoms with Crippen LogP contribution in [0.3, 0.4) is 0 Å². The molecule has 0 radical (unpaired) electrons. The van der Waals surface area contributed by atoms with Crippen molar-refractivity contribution in [2.24, 2.45) is 0 Å². The number of nitrogens with zero attached hydrogens (tertiary/aromatic N) is 5. The van der Waals surface area contributed by atoms with Gasteiger partial charge >= 0.3 is 0 Å². The molecule has 1 aliphatic heterocycles. The second-order valence-electron chi connectivity index (χ2n) is 9.15. The summed E-state index contributed by atoms with van der Waals surface area (Å²) in [7, 11) is -3.85. The van der Waals surface area contributed by atoms with Crippen LogP contribution in [-0.4, -0.2) is 83.3 Å². The molecule has 4 aromatic rings. The molecule has 1 fully saturated rings. The van der Waals surface area contributed by atoms with E-state index >= 15 is 0 Å². The number of carbonyl (C=O) groups is 1. The van der Waals surface area contributed by atoms with Gasteiger partial charge in [-0.15, -0.1) is 0 Å². The predicted molar refractivity (Wildman–Crippen MR) is 142 cm³/mol. The first kappa shape index (κ1) is 26.5. The summed E-state index contributed by atoms with van der Waals surface area (Å²) in [5.41, 5.74) is 1.73. The minimum atomic E-state index is -3.85. The smallest absolute Gasteiger partial charge is 0.269 e. The number of aromatic amines is 1. The van der Waals surface area contributed by atoms with Crippen LogP contribution >= 0.6 is 0 Å². The van der Waals surface area contributed by atoms with E-state index in [0.717, 1.165) is 13.1 Å². The SMILES string of the molecule is O=C(Cn1cc(S(=O)(=O)Cc2ccc([N+](=O)[O-])cc2)cc1-c1n[nH]c2ncccc12)NCCN1CCOCC1. The van der Waals surface area contributed by atoms with Gasteiger partial charge < -0.3 is 14.6 Å². The molecule has 3 aromatic heterocycles. The number of benzene rings is 1. The van der Waals surface area contributed by atoms with Gasteiger partial charge in [-0.1, -0.05) is 12.1 Å². The Kier molecular flexibility index (Phi) is 7.67. The lowest BCUT2D eigenvalue weighted by Crippen LogP contribution is -2.41. The number of aromatic nitrogens is 4. The standard InChI is InChI=1S/C25H27N7O6S/c33-23(26-8-9-30-10-12-38-13-11-30)16-31-15-20(14-22(31)24-21-2-1-7-27-25(21)29-28-24)39(36,37)17-18-3-5-19(6-4-18)32(34)35/h1-7,14-15H,8-13,16-17H2,(H,26,33)(H,27,28,29). The number of morpholine rings is 1. The number of nitro benzene ring substituents is 1. The molecule has 0 bridgehead atoms. The molecule has 0 unspecified atom stereocenters. The minimum absolute atomic E-state index is 0.0111. The summed E-state index contributed by atoms with van der Waals surface area (Å²) in [5, 5.41) is 21.7. The van der Waals surface area contributed by atoms with Gasteiger partial charge in [-0.3, -0.25) is 24.9 Å². The highest BCUT2D eigenvalue weighted by Crippen LogP contribution is 2.30. The molecule has 0 spiro atoms. The van der Waals surface area contributed by atoms with E-state index in [0.29, 0.717) is 54.3 Å². The van der Waals surface area contributed by atoms with Crippen LogP contribution in [0.4, 0.5) is 5.69 Å². The molecular formula is C25H27N7O6S. The quantitative estimate of drug-likeness (QED) is 0.220. The summed E-state index contributed by atoms with van der Waals surface area (Å²) in [6.07, 6.45) is 3.04. The van der Waals surface area contributed by atoms with Crippen LogP contribution in [0.2, 0.25) is 0 Å². The molecule has 1 saturated heterocycles. The Hall–Kier alpha value is -4.14. The van der Waals surface area contributed by atoms with Crippen LogP contribution in [0.1, 0.15) is 5.56 Å². The van der Waals surface area contributed by atoms with E-state index in [1.165, 1.54) is 36.5 Å². The number of carbonyl (C=O) groups excluding carboxylic acids is 1. The van der Waals surface area contributed by atoms with Crippen molar-refractivity contribution in [2.75, 3.05) is 39.4 Å². The molecule has 0 atom stereocenters. The molecule has 1 amide bonds. The Labute approximate surface area is 223 Å². The maximum atomic E-state index is 13.3. The van der Waals surface area contributed by atoms with Crippen molar-refractivity contribution in [3.05, 3.63) is 70.5 Å². The van der Waals surface area contributed by atoms with Crippen molar-refractivity contribution in [2.45, 2.75) is 17.2 Å². The molecule has 204 valence electrons. The molecule has 4 heterocycles. The Morgan fingerprint density at radius 1 is 1.18 bits per heavy atom. The second-order valence-corrected chi connectivity index (χ2v) is 11.1. The summed E-state index contributed by atoms with van der Waals surface area (Å²) in [4.78, 5) is 29.7. The van der Waals surface area contributed by atoms with E-state index in [4.69, 9.17) is 4.74 Å². The number of H-pyrrole nitrogens is 1. The van der Waals surface area contributed by atoms with E-state index in [-0.39, 0.29) is 28.8 Å². The number of sulfone groups is 1. The average Bonchev–Trinajstić information content (AvgIpc) is 3.54. The average molecular weight is 554 g/mol. The topological polar surface area (TPSA) is 165 Å². The zero-order valence-corrected chi connectivity index (χ0v) is 21.8. The third-order valence-electron chi connectivity index (χ3n) is 6.48. The third kappa shape index (κ3) is 6.13. The van der Waals surface area contributed by atoms with Crippen molar-refractivity contribution >= 4 is 32.5 Å². The number of hydrogen-bond acceptors (Lipinski definition) is 9. The molecular weight excluding hydrogens is 526 g/mol. The zero-order valence-electron chi connectivity index (χ0n) is 20.9. The predicted octanol–water partition coefficient (Wildman–Crippen LogP) is 1.76. The molecule has 13 nitrogen and oxygen atoms in total. The van der Waals surface area contributed by atoms with Gasteiger partial charge in [0.1, 0.15) is 12.2 Å².